The molecule has 0 saturated heterocycles. The van der Waals surface area contributed by atoms with Crippen molar-refractivity contribution in [3.05, 3.63) is 64.2 Å². The number of aryl methyl sites for hydroxylation is 2. The fraction of sp³-hybridized carbons (Fsp3) is 0.286. The topological polar surface area (TPSA) is 67.2 Å². The van der Waals surface area contributed by atoms with Crippen molar-refractivity contribution in [3.63, 3.8) is 0 Å². The zero-order valence-electron chi connectivity index (χ0n) is 16.7. The van der Waals surface area contributed by atoms with Crippen LogP contribution in [0.5, 0.6) is 0 Å². The molecular weight excluding hydrogens is 397 g/mol. The van der Waals surface area contributed by atoms with E-state index in [2.05, 4.69) is 10.3 Å². The normalized spacial score (nSPS) is 11.5. The Morgan fingerprint density at radius 2 is 1.93 bits per heavy atom. The molecular formula is C21H21F3N4O2. The minimum Gasteiger partial charge on any atom is -0.378 e. The van der Waals surface area contributed by atoms with Crippen molar-refractivity contribution in [2.24, 2.45) is 0 Å². The summed E-state index contributed by atoms with van der Waals surface area (Å²) < 4.78 is 41.5. The molecule has 30 heavy (non-hydrogen) atoms. The first kappa shape index (κ1) is 21.4. The Balaban J connectivity index is 1.78. The molecule has 1 N–H and O–H groups in total. The van der Waals surface area contributed by atoms with Gasteiger partial charge in [-0.25, -0.2) is 4.98 Å². The van der Waals surface area contributed by atoms with Crippen LogP contribution < -0.4 is 15.8 Å². The first-order valence-corrected chi connectivity index (χ1v) is 9.21. The number of fused-ring (bicyclic) bond motifs is 1. The van der Waals surface area contributed by atoms with Crippen LogP contribution in [0.2, 0.25) is 0 Å². The molecule has 0 unspecified atom stereocenters. The highest BCUT2D eigenvalue weighted by molar-refractivity contribution is 5.92. The number of alkyl halides is 3. The smallest absolute Gasteiger partial charge is 0.378 e. The quantitative estimate of drug-likeness (QED) is 0.684. The molecule has 3 rings (SSSR count). The Kier molecular flexibility index (Phi) is 5.82. The molecule has 2 aromatic carbocycles. The third kappa shape index (κ3) is 4.45. The van der Waals surface area contributed by atoms with E-state index in [-0.39, 0.29) is 24.2 Å². The molecule has 0 fully saturated rings. The molecule has 0 aliphatic rings. The zero-order valence-corrected chi connectivity index (χ0v) is 16.7. The predicted octanol–water partition coefficient (Wildman–Crippen LogP) is 3.82. The summed E-state index contributed by atoms with van der Waals surface area (Å²) in [6.45, 7) is 1.84. The molecule has 0 radical (unpaired) electrons. The Hall–Kier alpha value is -3.36. The number of anilines is 2. The van der Waals surface area contributed by atoms with Gasteiger partial charge in [0.1, 0.15) is 0 Å². The van der Waals surface area contributed by atoms with Crippen LogP contribution in [0.1, 0.15) is 17.5 Å². The standard InChI is InChI=1S/C21H21F3N4O2/c1-13-5-4-6-15-19(13)25-12-28(20(15)30)10-9-18(29)26-17-8-7-14(27(2)3)11-16(17)21(22,23)24/h4-8,11-12H,9-10H2,1-3H3,(H,26,29). The number of para-hydroxylation sites is 1. The van der Waals surface area contributed by atoms with Gasteiger partial charge in [-0.2, -0.15) is 13.2 Å². The minimum absolute atomic E-state index is 0.00131. The third-order valence-corrected chi connectivity index (χ3v) is 4.73. The maximum absolute atomic E-state index is 13.4. The lowest BCUT2D eigenvalue weighted by Crippen LogP contribution is -2.24. The monoisotopic (exact) mass is 418 g/mol. The van der Waals surface area contributed by atoms with Crippen molar-refractivity contribution >= 4 is 28.2 Å². The molecule has 6 nitrogen and oxygen atoms in total. The summed E-state index contributed by atoms with van der Waals surface area (Å²) in [6, 6.07) is 8.93. The lowest BCUT2D eigenvalue weighted by Gasteiger charge is -2.18. The number of aromatic nitrogens is 2. The van der Waals surface area contributed by atoms with Crippen LogP contribution in [0.15, 0.2) is 47.5 Å². The van der Waals surface area contributed by atoms with Crippen molar-refractivity contribution in [2.75, 3.05) is 24.3 Å². The molecule has 158 valence electrons. The van der Waals surface area contributed by atoms with Crippen molar-refractivity contribution in [3.8, 4) is 0 Å². The first-order valence-electron chi connectivity index (χ1n) is 9.21. The Morgan fingerprint density at radius 3 is 2.60 bits per heavy atom. The van der Waals surface area contributed by atoms with E-state index in [4.69, 9.17) is 0 Å². The molecule has 9 heteroatoms. The van der Waals surface area contributed by atoms with E-state index in [0.717, 1.165) is 11.6 Å². The molecule has 1 aromatic heterocycles. The number of benzene rings is 2. The summed E-state index contributed by atoms with van der Waals surface area (Å²) in [5.41, 5.74) is 0.251. The van der Waals surface area contributed by atoms with Gasteiger partial charge >= 0.3 is 6.18 Å². The lowest BCUT2D eigenvalue weighted by atomic mass is 10.1. The van der Waals surface area contributed by atoms with Gasteiger partial charge in [-0.1, -0.05) is 12.1 Å². The maximum Gasteiger partial charge on any atom is 0.418 e. The van der Waals surface area contributed by atoms with Crippen LogP contribution in [0, 0.1) is 6.92 Å². The van der Waals surface area contributed by atoms with Crippen molar-refractivity contribution in [1.82, 2.24) is 9.55 Å². The van der Waals surface area contributed by atoms with Gasteiger partial charge in [0.25, 0.3) is 5.56 Å². The van der Waals surface area contributed by atoms with E-state index in [0.29, 0.717) is 16.6 Å². The lowest BCUT2D eigenvalue weighted by molar-refractivity contribution is -0.136. The van der Waals surface area contributed by atoms with Crippen LogP contribution in [-0.4, -0.2) is 29.6 Å². The molecule has 0 saturated carbocycles. The summed E-state index contributed by atoms with van der Waals surface area (Å²) >= 11 is 0. The van der Waals surface area contributed by atoms with Crippen LogP contribution >= 0.6 is 0 Å². The van der Waals surface area contributed by atoms with Crippen LogP contribution in [0.4, 0.5) is 24.5 Å². The van der Waals surface area contributed by atoms with Gasteiger partial charge in [0.15, 0.2) is 0 Å². The number of halogens is 3. The number of carbonyl (C=O) groups excluding carboxylic acids is 1. The van der Waals surface area contributed by atoms with Gasteiger partial charge in [-0.3, -0.25) is 14.2 Å². The highest BCUT2D eigenvalue weighted by Crippen LogP contribution is 2.37. The Labute approximate surface area is 171 Å². The van der Waals surface area contributed by atoms with Gasteiger partial charge in [0.2, 0.25) is 5.91 Å². The molecule has 1 amide bonds. The first-order chi connectivity index (χ1) is 14.1. The Morgan fingerprint density at radius 1 is 1.20 bits per heavy atom. The van der Waals surface area contributed by atoms with Gasteiger partial charge < -0.3 is 10.2 Å². The number of nitrogens with one attached hydrogen (secondary N) is 1. The average molecular weight is 418 g/mol. The number of nitrogens with zero attached hydrogens (tertiary/aromatic N) is 3. The van der Waals surface area contributed by atoms with Gasteiger partial charge in [0.05, 0.1) is 28.5 Å². The van der Waals surface area contributed by atoms with Gasteiger partial charge in [-0.15, -0.1) is 0 Å². The number of hydrogen-bond acceptors (Lipinski definition) is 4. The number of carbonyl (C=O) groups is 1. The van der Waals surface area contributed by atoms with E-state index in [1.54, 1.807) is 31.1 Å². The molecule has 0 bridgehead atoms. The van der Waals surface area contributed by atoms with Crippen molar-refractivity contribution in [2.45, 2.75) is 26.1 Å². The van der Waals surface area contributed by atoms with Crippen molar-refractivity contribution < 1.29 is 18.0 Å². The van der Waals surface area contributed by atoms with E-state index < -0.39 is 17.6 Å². The summed E-state index contributed by atoms with van der Waals surface area (Å²) in [4.78, 5) is 30.7. The largest absolute Gasteiger partial charge is 0.418 e. The number of amides is 1. The second-order valence-electron chi connectivity index (χ2n) is 7.13. The Bertz CT molecular complexity index is 1150. The molecule has 0 spiro atoms. The fourth-order valence-corrected chi connectivity index (χ4v) is 3.09. The highest BCUT2D eigenvalue weighted by Gasteiger charge is 2.34. The zero-order chi connectivity index (χ0) is 22.1. The molecule has 1 heterocycles. The number of hydrogen-bond donors (Lipinski definition) is 1. The molecule has 0 aliphatic heterocycles. The fourth-order valence-electron chi connectivity index (χ4n) is 3.09. The van der Waals surface area contributed by atoms with Crippen LogP contribution in [0.25, 0.3) is 10.9 Å². The summed E-state index contributed by atoms with van der Waals surface area (Å²) in [5, 5.41) is 2.73. The summed E-state index contributed by atoms with van der Waals surface area (Å²) in [5.74, 6) is -0.630. The van der Waals surface area contributed by atoms with Crippen molar-refractivity contribution in [1.29, 1.82) is 0 Å². The third-order valence-electron chi connectivity index (χ3n) is 4.73. The second-order valence-corrected chi connectivity index (χ2v) is 7.13. The van der Waals surface area contributed by atoms with E-state index in [1.807, 2.05) is 13.0 Å². The summed E-state index contributed by atoms with van der Waals surface area (Å²) in [6.07, 6.45) is -3.45. The molecule has 0 atom stereocenters. The molecule has 3 aromatic rings. The second kappa shape index (κ2) is 8.17. The average Bonchev–Trinajstić information content (AvgIpc) is 2.67. The summed E-state index contributed by atoms with van der Waals surface area (Å²) in [7, 11) is 3.26. The van der Waals surface area contributed by atoms with E-state index in [9.17, 15) is 22.8 Å². The maximum atomic E-state index is 13.4. The van der Waals surface area contributed by atoms with Gasteiger partial charge in [-0.05, 0) is 36.8 Å². The van der Waals surface area contributed by atoms with Crippen LogP contribution in [-0.2, 0) is 17.5 Å². The SMILES string of the molecule is Cc1cccc2c(=O)n(CCC(=O)Nc3ccc(N(C)C)cc3C(F)(F)F)cnc12. The number of rotatable bonds is 5. The highest BCUT2D eigenvalue weighted by atomic mass is 19.4. The molecule has 0 aliphatic carbocycles. The van der Waals surface area contributed by atoms with E-state index in [1.165, 1.54) is 23.0 Å². The van der Waals surface area contributed by atoms with Crippen LogP contribution in [0.3, 0.4) is 0 Å². The predicted molar refractivity (Wildman–Crippen MR) is 110 cm³/mol. The van der Waals surface area contributed by atoms with E-state index >= 15 is 0 Å². The minimum atomic E-state index is -4.62. The van der Waals surface area contributed by atoms with Gasteiger partial charge in [0, 0.05) is 32.7 Å².